The fraction of sp³-hybridized carbons (Fsp3) is 0.571. The first kappa shape index (κ1) is 18.8. The Kier molecular flexibility index (Phi) is 6.56. The molecule has 0 radical (unpaired) electrons. The van der Waals surface area contributed by atoms with Crippen LogP contribution < -0.4 is 10.6 Å². The molecule has 2 heterocycles. The van der Waals surface area contributed by atoms with Crippen molar-refractivity contribution >= 4 is 16.9 Å². The van der Waals surface area contributed by atoms with Crippen LogP contribution in [0, 0.1) is 12.8 Å². The largest absolute Gasteiger partial charge is 0.361 e. The molecule has 1 saturated heterocycles. The maximum atomic E-state index is 4.82. The lowest BCUT2D eigenvalue weighted by Gasteiger charge is -2.28. The van der Waals surface area contributed by atoms with Crippen LogP contribution in [0.1, 0.15) is 30.9 Å². The number of nitrogens with zero attached hydrogens (tertiary/aromatic N) is 2. The first-order valence-electron chi connectivity index (χ1n) is 9.93. The van der Waals surface area contributed by atoms with Gasteiger partial charge in [-0.25, -0.2) is 0 Å². The zero-order valence-electron chi connectivity index (χ0n) is 16.4. The lowest BCUT2D eigenvalue weighted by atomic mass is 9.97. The Morgan fingerprint density at radius 2 is 2.08 bits per heavy atom. The maximum absolute atomic E-state index is 4.82. The van der Waals surface area contributed by atoms with E-state index in [4.69, 9.17) is 4.99 Å². The van der Waals surface area contributed by atoms with Gasteiger partial charge in [0.2, 0.25) is 0 Å². The molecule has 1 fully saturated rings. The van der Waals surface area contributed by atoms with Crippen molar-refractivity contribution in [2.75, 3.05) is 39.8 Å². The van der Waals surface area contributed by atoms with Crippen molar-refractivity contribution < 1.29 is 0 Å². The van der Waals surface area contributed by atoms with E-state index >= 15 is 0 Å². The van der Waals surface area contributed by atoms with Gasteiger partial charge < -0.3 is 20.5 Å². The first-order valence-corrected chi connectivity index (χ1v) is 9.93. The van der Waals surface area contributed by atoms with Crippen molar-refractivity contribution in [2.45, 2.75) is 33.1 Å². The van der Waals surface area contributed by atoms with Gasteiger partial charge in [0.25, 0.3) is 0 Å². The number of H-pyrrole nitrogens is 1. The second kappa shape index (κ2) is 9.08. The van der Waals surface area contributed by atoms with Crippen molar-refractivity contribution in [3.63, 3.8) is 0 Å². The second-order valence-corrected chi connectivity index (χ2v) is 7.51. The smallest absolute Gasteiger partial charge is 0.191 e. The highest BCUT2D eigenvalue weighted by molar-refractivity contribution is 5.84. The molecule has 0 atom stereocenters. The molecule has 1 aromatic heterocycles. The molecule has 0 bridgehead atoms. The van der Waals surface area contributed by atoms with Crippen LogP contribution in [0.4, 0.5) is 0 Å². The number of aryl methyl sites for hydroxylation is 1. The number of rotatable bonds is 6. The van der Waals surface area contributed by atoms with Crippen LogP contribution in [0.25, 0.3) is 10.9 Å². The molecule has 0 aliphatic carbocycles. The molecule has 26 heavy (non-hydrogen) atoms. The van der Waals surface area contributed by atoms with E-state index in [2.05, 4.69) is 65.8 Å². The predicted molar refractivity (Wildman–Crippen MR) is 111 cm³/mol. The summed E-state index contributed by atoms with van der Waals surface area (Å²) in [5.74, 6) is 1.67. The van der Waals surface area contributed by atoms with Gasteiger partial charge >= 0.3 is 0 Å². The van der Waals surface area contributed by atoms with Crippen LogP contribution in [0.2, 0.25) is 0 Å². The van der Waals surface area contributed by atoms with Gasteiger partial charge in [0, 0.05) is 36.7 Å². The van der Waals surface area contributed by atoms with Crippen LogP contribution in [-0.4, -0.2) is 55.6 Å². The SMILES string of the molecule is CCNC(=NCC1CCN(C)CC1)NCCc1c[nH]c2cc(C)ccc12. The highest BCUT2D eigenvalue weighted by Crippen LogP contribution is 2.19. The number of aliphatic imine (C=N–C) groups is 1. The van der Waals surface area contributed by atoms with Crippen LogP contribution >= 0.6 is 0 Å². The predicted octanol–water partition coefficient (Wildman–Crippen LogP) is 2.92. The van der Waals surface area contributed by atoms with E-state index in [1.165, 1.54) is 48.0 Å². The average molecular weight is 356 g/mol. The summed E-state index contributed by atoms with van der Waals surface area (Å²) >= 11 is 0. The van der Waals surface area contributed by atoms with Gasteiger partial charge in [-0.15, -0.1) is 0 Å². The quantitative estimate of drug-likeness (QED) is 0.552. The molecule has 1 aliphatic rings. The Morgan fingerprint density at radius 3 is 2.85 bits per heavy atom. The Hall–Kier alpha value is -2.01. The highest BCUT2D eigenvalue weighted by atomic mass is 15.2. The second-order valence-electron chi connectivity index (χ2n) is 7.51. The highest BCUT2D eigenvalue weighted by Gasteiger charge is 2.16. The van der Waals surface area contributed by atoms with Crippen LogP contribution in [0.3, 0.4) is 0 Å². The zero-order chi connectivity index (χ0) is 18.4. The van der Waals surface area contributed by atoms with E-state index in [1.54, 1.807) is 0 Å². The average Bonchev–Trinajstić information content (AvgIpc) is 3.03. The van der Waals surface area contributed by atoms with E-state index in [1.807, 2.05) is 0 Å². The summed E-state index contributed by atoms with van der Waals surface area (Å²) in [7, 11) is 2.21. The zero-order valence-corrected chi connectivity index (χ0v) is 16.4. The minimum Gasteiger partial charge on any atom is -0.361 e. The van der Waals surface area contributed by atoms with E-state index in [0.29, 0.717) is 0 Å². The molecule has 3 N–H and O–H groups in total. The number of guanidine groups is 1. The number of hydrogen-bond donors (Lipinski definition) is 3. The van der Waals surface area contributed by atoms with Crippen LogP contribution in [0.15, 0.2) is 29.4 Å². The standard InChI is InChI=1S/C21H33N5/c1-4-22-21(25-14-17-8-11-26(3)12-9-17)23-10-7-18-15-24-20-13-16(2)5-6-19(18)20/h5-6,13,15,17,24H,4,7-12,14H2,1-3H3,(H2,22,23,25). The lowest BCUT2D eigenvalue weighted by Crippen LogP contribution is -2.39. The van der Waals surface area contributed by atoms with E-state index in [9.17, 15) is 0 Å². The summed E-state index contributed by atoms with van der Waals surface area (Å²) in [6, 6.07) is 6.61. The third-order valence-corrected chi connectivity index (χ3v) is 5.30. The van der Waals surface area contributed by atoms with Gasteiger partial charge in [0.15, 0.2) is 5.96 Å². The molecule has 5 nitrogen and oxygen atoms in total. The minimum absolute atomic E-state index is 0.721. The number of fused-ring (bicyclic) bond motifs is 1. The molecule has 1 aromatic carbocycles. The van der Waals surface area contributed by atoms with Crippen molar-refractivity contribution in [1.29, 1.82) is 0 Å². The summed E-state index contributed by atoms with van der Waals surface area (Å²) in [4.78, 5) is 10.6. The number of benzene rings is 1. The molecule has 0 spiro atoms. The lowest BCUT2D eigenvalue weighted by molar-refractivity contribution is 0.223. The molecule has 142 valence electrons. The van der Waals surface area contributed by atoms with Crippen molar-refractivity contribution in [2.24, 2.45) is 10.9 Å². The van der Waals surface area contributed by atoms with Crippen LogP contribution in [0.5, 0.6) is 0 Å². The maximum Gasteiger partial charge on any atom is 0.191 e. The number of hydrogen-bond acceptors (Lipinski definition) is 2. The number of likely N-dealkylation sites (tertiary alicyclic amines) is 1. The topological polar surface area (TPSA) is 55.5 Å². The monoisotopic (exact) mass is 355 g/mol. The molecule has 5 heteroatoms. The van der Waals surface area contributed by atoms with Gasteiger partial charge in [-0.3, -0.25) is 4.99 Å². The Labute approximate surface area is 157 Å². The van der Waals surface area contributed by atoms with Crippen LogP contribution in [-0.2, 0) is 6.42 Å². The van der Waals surface area contributed by atoms with Gasteiger partial charge in [-0.1, -0.05) is 12.1 Å². The third kappa shape index (κ3) is 5.01. The third-order valence-electron chi connectivity index (χ3n) is 5.30. The van der Waals surface area contributed by atoms with Crippen molar-refractivity contribution in [1.82, 2.24) is 20.5 Å². The number of aromatic nitrogens is 1. The first-order chi connectivity index (χ1) is 12.7. The molecule has 0 unspecified atom stereocenters. The van der Waals surface area contributed by atoms with Gasteiger partial charge in [-0.05, 0) is 76.4 Å². The minimum atomic E-state index is 0.721. The molecule has 3 rings (SSSR count). The number of nitrogens with one attached hydrogen (secondary N) is 3. The molecular weight excluding hydrogens is 322 g/mol. The van der Waals surface area contributed by atoms with Crippen molar-refractivity contribution in [3.8, 4) is 0 Å². The van der Waals surface area contributed by atoms with E-state index < -0.39 is 0 Å². The molecular formula is C21H33N5. The van der Waals surface area contributed by atoms with Gasteiger partial charge in [0.05, 0.1) is 0 Å². The fourth-order valence-corrected chi connectivity index (χ4v) is 3.63. The molecule has 0 amide bonds. The summed E-state index contributed by atoms with van der Waals surface area (Å²) < 4.78 is 0. The summed E-state index contributed by atoms with van der Waals surface area (Å²) in [6.45, 7) is 9.36. The van der Waals surface area contributed by atoms with Gasteiger partial charge in [0.1, 0.15) is 0 Å². The summed E-state index contributed by atoms with van der Waals surface area (Å²) in [5, 5.41) is 8.20. The Balaban J connectivity index is 1.52. The van der Waals surface area contributed by atoms with Gasteiger partial charge in [-0.2, -0.15) is 0 Å². The Bertz CT molecular complexity index is 725. The molecule has 1 aliphatic heterocycles. The number of piperidine rings is 1. The van der Waals surface area contributed by atoms with E-state index in [-0.39, 0.29) is 0 Å². The summed E-state index contributed by atoms with van der Waals surface area (Å²) in [5.41, 5.74) is 3.88. The van der Waals surface area contributed by atoms with E-state index in [0.717, 1.165) is 37.9 Å². The fourth-order valence-electron chi connectivity index (χ4n) is 3.63. The summed E-state index contributed by atoms with van der Waals surface area (Å²) in [6.07, 6.45) is 5.64. The van der Waals surface area contributed by atoms with Crippen molar-refractivity contribution in [3.05, 3.63) is 35.5 Å². The Morgan fingerprint density at radius 1 is 1.27 bits per heavy atom. The molecule has 0 saturated carbocycles. The normalized spacial score (nSPS) is 17.0. The number of aromatic amines is 1. The molecule has 2 aromatic rings.